The van der Waals surface area contributed by atoms with Gasteiger partial charge in [0.25, 0.3) is 11.8 Å². The minimum absolute atomic E-state index is 0.0238. The Morgan fingerprint density at radius 3 is 2.17 bits per heavy atom. The molecule has 0 spiro atoms. The number of hydrogen-bond donors (Lipinski definition) is 2. The molecule has 3 amide bonds. The molecule has 0 aliphatic carbocycles. The lowest BCUT2D eigenvalue weighted by Gasteiger charge is -2.27. The molecule has 2 saturated heterocycles. The summed E-state index contributed by atoms with van der Waals surface area (Å²) in [6.45, 7) is 5.66. The van der Waals surface area contributed by atoms with E-state index in [1.54, 1.807) is 0 Å². The van der Waals surface area contributed by atoms with Crippen molar-refractivity contribution in [3.8, 4) is 0 Å². The molecule has 3 aromatic rings. The van der Waals surface area contributed by atoms with Gasteiger partial charge in [0.05, 0.1) is 17.8 Å². The number of hydrogen-bond acceptors (Lipinski definition) is 5. The zero-order chi connectivity index (χ0) is 27.7. The lowest BCUT2D eigenvalue weighted by molar-refractivity contribution is -0.115. The molecule has 8 heteroatoms. The second-order valence-electron chi connectivity index (χ2n) is 10.3. The van der Waals surface area contributed by atoms with E-state index in [0.717, 1.165) is 43.7 Å². The highest BCUT2D eigenvalue weighted by atomic mass is 16.2. The van der Waals surface area contributed by atoms with Crippen molar-refractivity contribution < 1.29 is 14.4 Å². The van der Waals surface area contributed by atoms with Crippen molar-refractivity contribution in [1.82, 2.24) is 15.1 Å². The number of nitrogens with one attached hydrogen (secondary N) is 2. The van der Waals surface area contributed by atoms with Crippen LogP contribution in [0.3, 0.4) is 0 Å². The Kier molecular flexibility index (Phi) is 9.08. The third-order valence-corrected chi connectivity index (χ3v) is 7.50. The third-order valence-electron chi connectivity index (χ3n) is 7.50. The van der Waals surface area contributed by atoms with E-state index in [0.29, 0.717) is 49.5 Å². The molecule has 2 heterocycles. The van der Waals surface area contributed by atoms with E-state index in [1.807, 2.05) is 88.7 Å². The van der Waals surface area contributed by atoms with Crippen molar-refractivity contribution in [2.75, 3.05) is 62.6 Å². The van der Waals surface area contributed by atoms with Crippen LogP contribution in [0, 0.1) is 0 Å². The minimum atomic E-state index is -0.133. The first-order chi connectivity index (χ1) is 19.6. The normalized spacial score (nSPS) is 16.1. The second kappa shape index (κ2) is 13.3. The molecule has 0 radical (unpaired) electrons. The maximum Gasteiger partial charge on any atom is 0.253 e. The molecular weight excluding hydrogens is 502 g/mol. The largest absolute Gasteiger partial charge is 0.368 e. The summed E-state index contributed by atoms with van der Waals surface area (Å²) in [5.74, 6) is -0.122. The van der Waals surface area contributed by atoms with Crippen LogP contribution in [0.25, 0.3) is 0 Å². The van der Waals surface area contributed by atoms with Gasteiger partial charge >= 0.3 is 0 Å². The second-order valence-corrected chi connectivity index (χ2v) is 10.3. The molecule has 2 aliphatic heterocycles. The van der Waals surface area contributed by atoms with Crippen LogP contribution in [-0.4, -0.2) is 79.9 Å². The Hall–Kier alpha value is -4.17. The Bertz CT molecular complexity index is 1310. The highest BCUT2D eigenvalue weighted by molar-refractivity contribution is 6.00. The summed E-state index contributed by atoms with van der Waals surface area (Å²) < 4.78 is 0. The van der Waals surface area contributed by atoms with Crippen LogP contribution < -0.4 is 15.5 Å². The lowest BCUT2D eigenvalue weighted by atomic mass is 10.1. The number of anilines is 2. The molecule has 8 nitrogen and oxygen atoms in total. The van der Waals surface area contributed by atoms with Gasteiger partial charge in [0.15, 0.2) is 0 Å². The summed E-state index contributed by atoms with van der Waals surface area (Å²) in [6.07, 6.45) is 1.96. The molecule has 40 heavy (non-hydrogen) atoms. The highest BCUT2D eigenvalue weighted by Crippen LogP contribution is 2.29. The number of amides is 3. The number of rotatable bonds is 6. The molecule has 5 rings (SSSR count). The van der Waals surface area contributed by atoms with Gasteiger partial charge in [-0.15, -0.1) is 0 Å². The fourth-order valence-corrected chi connectivity index (χ4v) is 5.38. The first-order valence-electron chi connectivity index (χ1n) is 14.2. The van der Waals surface area contributed by atoms with Crippen LogP contribution in [-0.2, 0) is 11.2 Å². The predicted octanol–water partition coefficient (Wildman–Crippen LogP) is 3.66. The van der Waals surface area contributed by atoms with E-state index in [4.69, 9.17) is 0 Å². The standard InChI is InChI=1S/C32H37N5O3/c38-30(23-25-9-3-1-4-10-25)34-28-24-27(32(40)36-17-7-15-33-16-20-36)13-14-29(28)35-18-8-19-37(22-21-35)31(39)26-11-5-2-6-12-26/h1-6,9-14,24,33H,7-8,15-23H2,(H,34,38). The highest BCUT2D eigenvalue weighted by Gasteiger charge is 2.24. The Morgan fingerprint density at radius 2 is 1.38 bits per heavy atom. The number of carbonyl (C=O) groups excluding carboxylic acids is 3. The molecule has 2 aliphatic rings. The van der Waals surface area contributed by atoms with E-state index in [-0.39, 0.29) is 24.1 Å². The summed E-state index contributed by atoms with van der Waals surface area (Å²) in [7, 11) is 0. The monoisotopic (exact) mass is 539 g/mol. The molecule has 0 bridgehead atoms. The SMILES string of the molecule is O=C(Cc1ccccc1)Nc1cc(C(=O)N2CCCNCC2)ccc1N1CCCN(C(=O)c2ccccc2)CC1. The predicted molar refractivity (Wildman–Crippen MR) is 158 cm³/mol. The fourth-order valence-electron chi connectivity index (χ4n) is 5.38. The summed E-state index contributed by atoms with van der Waals surface area (Å²) in [4.78, 5) is 45.6. The van der Waals surface area contributed by atoms with Gasteiger partial charge in [-0.3, -0.25) is 14.4 Å². The Balaban J connectivity index is 1.36. The van der Waals surface area contributed by atoms with E-state index in [2.05, 4.69) is 15.5 Å². The van der Waals surface area contributed by atoms with Crippen LogP contribution in [0.15, 0.2) is 78.9 Å². The van der Waals surface area contributed by atoms with Crippen molar-refractivity contribution in [1.29, 1.82) is 0 Å². The average Bonchev–Trinajstić information content (AvgIpc) is 3.41. The minimum Gasteiger partial charge on any atom is -0.368 e. The molecule has 2 fully saturated rings. The summed E-state index contributed by atoms with van der Waals surface area (Å²) >= 11 is 0. The van der Waals surface area contributed by atoms with Crippen LogP contribution in [0.1, 0.15) is 39.1 Å². The molecular formula is C32H37N5O3. The van der Waals surface area contributed by atoms with Gasteiger partial charge in [-0.05, 0) is 55.3 Å². The van der Waals surface area contributed by atoms with Gasteiger partial charge in [-0.1, -0.05) is 48.5 Å². The molecule has 208 valence electrons. The van der Waals surface area contributed by atoms with Crippen molar-refractivity contribution in [2.24, 2.45) is 0 Å². The van der Waals surface area contributed by atoms with Gasteiger partial charge in [0.2, 0.25) is 5.91 Å². The van der Waals surface area contributed by atoms with E-state index >= 15 is 0 Å². The average molecular weight is 540 g/mol. The van der Waals surface area contributed by atoms with Gasteiger partial charge in [0, 0.05) is 56.9 Å². The van der Waals surface area contributed by atoms with Crippen LogP contribution in [0.2, 0.25) is 0 Å². The number of carbonyl (C=O) groups is 3. The molecule has 0 unspecified atom stereocenters. The zero-order valence-corrected chi connectivity index (χ0v) is 22.9. The summed E-state index contributed by atoms with van der Waals surface area (Å²) in [5, 5.41) is 6.44. The smallest absolute Gasteiger partial charge is 0.253 e. The van der Waals surface area contributed by atoms with Crippen LogP contribution >= 0.6 is 0 Å². The summed E-state index contributed by atoms with van der Waals surface area (Å²) in [5.41, 5.74) is 3.68. The van der Waals surface area contributed by atoms with Gasteiger partial charge in [-0.2, -0.15) is 0 Å². The first kappa shape index (κ1) is 27.4. The Morgan fingerprint density at radius 1 is 0.675 bits per heavy atom. The molecule has 3 aromatic carbocycles. The van der Waals surface area contributed by atoms with E-state index in [1.165, 1.54) is 0 Å². The lowest BCUT2D eigenvalue weighted by Crippen LogP contribution is -2.35. The summed E-state index contributed by atoms with van der Waals surface area (Å²) in [6, 6.07) is 24.6. The number of nitrogens with zero attached hydrogens (tertiary/aromatic N) is 3. The van der Waals surface area contributed by atoms with Gasteiger partial charge in [-0.25, -0.2) is 0 Å². The van der Waals surface area contributed by atoms with Crippen molar-refractivity contribution in [2.45, 2.75) is 19.3 Å². The molecule has 2 N–H and O–H groups in total. The zero-order valence-electron chi connectivity index (χ0n) is 22.9. The third kappa shape index (κ3) is 6.87. The van der Waals surface area contributed by atoms with Crippen LogP contribution in [0.4, 0.5) is 11.4 Å². The quantitative estimate of drug-likeness (QED) is 0.500. The maximum atomic E-state index is 13.4. The fraction of sp³-hybridized carbons (Fsp3) is 0.344. The van der Waals surface area contributed by atoms with Crippen molar-refractivity contribution in [3.05, 3.63) is 95.6 Å². The molecule has 0 saturated carbocycles. The van der Waals surface area contributed by atoms with Gasteiger partial charge < -0.3 is 25.3 Å². The first-order valence-corrected chi connectivity index (χ1v) is 14.2. The van der Waals surface area contributed by atoms with E-state index in [9.17, 15) is 14.4 Å². The molecule has 0 atom stereocenters. The van der Waals surface area contributed by atoms with Crippen molar-refractivity contribution >= 4 is 29.1 Å². The molecule has 0 aromatic heterocycles. The maximum absolute atomic E-state index is 13.4. The topological polar surface area (TPSA) is 85.0 Å². The number of benzene rings is 3. The van der Waals surface area contributed by atoms with Gasteiger partial charge in [0.1, 0.15) is 0 Å². The van der Waals surface area contributed by atoms with Crippen molar-refractivity contribution in [3.63, 3.8) is 0 Å². The Labute approximate surface area is 236 Å². The van der Waals surface area contributed by atoms with E-state index < -0.39 is 0 Å². The van der Waals surface area contributed by atoms with Crippen LogP contribution in [0.5, 0.6) is 0 Å².